The lowest BCUT2D eigenvalue weighted by Gasteiger charge is -2.42. The van der Waals surface area contributed by atoms with Crippen molar-refractivity contribution in [3.8, 4) is 0 Å². The zero-order valence-electron chi connectivity index (χ0n) is 11.1. The summed E-state index contributed by atoms with van der Waals surface area (Å²) in [4.78, 5) is 0. The second-order valence-corrected chi connectivity index (χ2v) is 8.23. The molecule has 0 aliphatic heterocycles. The Morgan fingerprint density at radius 3 is 1.40 bits per heavy atom. The van der Waals surface area contributed by atoms with Gasteiger partial charge in [0.2, 0.25) is 0 Å². The Hall–Kier alpha value is 0.0569. The average molecular weight is 236 g/mol. The molecule has 0 aromatic rings. The van der Waals surface area contributed by atoms with Crippen LogP contribution in [0.3, 0.4) is 0 Å². The third-order valence-corrected chi connectivity index (χ3v) is 5.86. The van der Waals surface area contributed by atoms with Crippen molar-refractivity contribution in [3.63, 3.8) is 0 Å². The number of ether oxygens (including phenoxy) is 1. The molecule has 0 unspecified atom stereocenters. The monoisotopic (exact) mass is 236 g/mol. The van der Waals surface area contributed by atoms with Crippen LogP contribution in [0.4, 0.5) is 0 Å². The summed E-state index contributed by atoms with van der Waals surface area (Å²) in [5.74, 6) is 0. The zero-order valence-corrected chi connectivity index (χ0v) is 12.1. The van der Waals surface area contributed by atoms with Gasteiger partial charge in [0.05, 0.1) is 5.60 Å². The van der Waals surface area contributed by atoms with Crippen LogP contribution in [-0.2, 0) is 18.0 Å². The van der Waals surface area contributed by atoms with Crippen LogP contribution in [0.5, 0.6) is 0 Å². The molecule has 0 radical (unpaired) electrons. The molecule has 0 saturated heterocycles. The largest absolute Gasteiger partial charge is 0.534 e. The first-order valence-corrected chi connectivity index (χ1v) is 6.72. The highest BCUT2D eigenvalue weighted by Crippen LogP contribution is 2.30. The second kappa shape index (κ2) is 4.93. The molecular formula is C10H24O4Si. The standard InChI is InChI=1S/C10H24O4Si/c1-9(2,3)14-15(12-7,13-8)10(4,5)11-6/h1-8H3. The van der Waals surface area contributed by atoms with Crippen LogP contribution >= 0.6 is 0 Å². The van der Waals surface area contributed by atoms with Crippen molar-refractivity contribution in [2.24, 2.45) is 0 Å². The first-order valence-electron chi connectivity index (χ1n) is 5.00. The quantitative estimate of drug-likeness (QED) is 0.684. The van der Waals surface area contributed by atoms with Crippen molar-refractivity contribution in [2.45, 2.75) is 45.4 Å². The van der Waals surface area contributed by atoms with E-state index in [0.717, 1.165) is 0 Å². The van der Waals surface area contributed by atoms with E-state index in [-0.39, 0.29) is 5.60 Å². The van der Waals surface area contributed by atoms with E-state index in [0.29, 0.717) is 0 Å². The Bertz CT molecular complexity index is 194. The predicted octanol–water partition coefficient (Wildman–Crippen LogP) is 2.00. The number of hydrogen-bond acceptors (Lipinski definition) is 4. The maximum Gasteiger partial charge on any atom is 0.534 e. The van der Waals surface area contributed by atoms with Crippen LogP contribution in [0.1, 0.15) is 34.6 Å². The van der Waals surface area contributed by atoms with Gasteiger partial charge in [0.15, 0.2) is 0 Å². The number of methoxy groups -OCH3 is 1. The Kier molecular flexibility index (Phi) is 4.94. The maximum absolute atomic E-state index is 5.95. The van der Waals surface area contributed by atoms with Crippen LogP contribution < -0.4 is 0 Å². The topological polar surface area (TPSA) is 36.9 Å². The lowest BCUT2D eigenvalue weighted by atomic mass is 10.2. The molecule has 0 aromatic carbocycles. The van der Waals surface area contributed by atoms with E-state index in [1.165, 1.54) is 0 Å². The summed E-state index contributed by atoms with van der Waals surface area (Å²) in [6.45, 7) is 9.74. The van der Waals surface area contributed by atoms with Crippen molar-refractivity contribution in [2.75, 3.05) is 21.3 Å². The van der Waals surface area contributed by atoms with E-state index in [1.807, 2.05) is 34.6 Å². The zero-order chi connectivity index (χ0) is 12.3. The molecule has 15 heavy (non-hydrogen) atoms. The fraction of sp³-hybridized carbons (Fsp3) is 1.00. The van der Waals surface area contributed by atoms with E-state index in [9.17, 15) is 0 Å². The Balaban J connectivity index is 5.05. The van der Waals surface area contributed by atoms with E-state index >= 15 is 0 Å². The molecule has 0 atom stereocenters. The minimum absolute atomic E-state index is 0.325. The van der Waals surface area contributed by atoms with E-state index < -0.39 is 14.0 Å². The highest BCUT2D eigenvalue weighted by molar-refractivity contribution is 6.63. The third kappa shape index (κ3) is 3.53. The van der Waals surface area contributed by atoms with Gasteiger partial charge in [-0.25, -0.2) is 0 Å². The summed E-state index contributed by atoms with van der Waals surface area (Å²) in [5.41, 5.74) is -0.325. The average Bonchev–Trinajstić information content (AvgIpc) is 2.12. The number of hydrogen-bond donors (Lipinski definition) is 0. The van der Waals surface area contributed by atoms with Crippen molar-refractivity contribution in [1.29, 1.82) is 0 Å². The summed E-state index contributed by atoms with van der Waals surface area (Å²) in [5, 5.41) is -0.566. The lowest BCUT2D eigenvalue weighted by molar-refractivity contribution is -0.0562. The van der Waals surface area contributed by atoms with Crippen molar-refractivity contribution < 1.29 is 18.0 Å². The summed E-state index contributed by atoms with van der Waals surface area (Å²) >= 11 is 0. The van der Waals surface area contributed by atoms with Gasteiger partial charge < -0.3 is 18.0 Å². The molecule has 92 valence electrons. The summed E-state index contributed by atoms with van der Waals surface area (Å²) in [6.07, 6.45) is 0. The van der Waals surface area contributed by atoms with Crippen LogP contribution in [0.2, 0.25) is 0 Å². The molecule has 0 rings (SSSR count). The fourth-order valence-corrected chi connectivity index (χ4v) is 3.93. The number of rotatable bonds is 5. The van der Waals surface area contributed by atoms with Crippen LogP contribution in [0, 0.1) is 0 Å². The van der Waals surface area contributed by atoms with E-state index in [4.69, 9.17) is 18.0 Å². The molecule has 4 nitrogen and oxygen atoms in total. The van der Waals surface area contributed by atoms with Crippen LogP contribution in [0.25, 0.3) is 0 Å². The fourth-order valence-electron chi connectivity index (χ4n) is 1.31. The normalized spacial score (nSPS) is 14.4. The summed E-state index contributed by atoms with van der Waals surface area (Å²) in [7, 11) is 2.00. The van der Waals surface area contributed by atoms with Gasteiger partial charge in [0.1, 0.15) is 5.22 Å². The molecule has 0 N–H and O–H groups in total. The van der Waals surface area contributed by atoms with Crippen LogP contribution in [0.15, 0.2) is 0 Å². The predicted molar refractivity (Wildman–Crippen MR) is 61.7 cm³/mol. The Morgan fingerprint density at radius 1 is 0.800 bits per heavy atom. The Morgan fingerprint density at radius 2 is 1.20 bits per heavy atom. The van der Waals surface area contributed by atoms with Crippen LogP contribution in [-0.4, -0.2) is 41.0 Å². The molecular weight excluding hydrogens is 212 g/mol. The SMILES string of the molecule is COC(C)(C)[Si](OC)(OC)OC(C)(C)C. The molecule has 0 aliphatic carbocycles. The maximum atomic E-state index is 5.95. The van der Waals surface area contributed by atoms with Gasteiger partial charge in [0.25, 0.3) is 0 Å². The summed E-state index contributed by atoms with van der Waals surface area (Å²) < 4.78 is 22.3. The van der Waals surface area contributed by atoms with Crippen molar-refractivity contribution in [1.82, 2.24) is 0 Å². The minimum atomic E-state index is -2.83. The molecule has 0 heterocycles. The van der Waals surface area contributed by atoms with Gasteiger partial charge in [-0.1, -0.05) is 0 Å². The van der Waals surface area contributed by atoms with Gasteiger partial charge in [-0.2, -0.15) is 0 Å². The van der Waals surface area contributed by atoms with Gasteiger partial charge in [-0.15, -0.1) is 0 Å². The minimum Gasteiger partial charge on any atom is -0.375 e. The molecule has 0 bridgehead atoms. The molecule has 0 spiro atoms. The smallest absolute Gasteiger partial charge is 0.375 e. The molecule has 0 fully saturated rings. The molecule has 0 saturated carbocycles. The molecule has 0 amide bonds. The van der Waals surface area contributed by atoms with E-state index in [1.54, 1.807) is 21.3 Å². The van der Waals surface area contributed by atoms with Gasteiger partial charge >= 0.3 is 8.80 Å². The molecule has 5 heteroatoms. The first kappa shape index (κ1) is 15.1. The summed E-state index contributed by atoms with van der Waals surface area (Å²) in [6, 6.07) is 0. The van der Waals surface area contributed by atoms with Gasteiger partial charge in [-0.3, -0.25) is 0 Å². The highest BCUT2D eigenvalue weighted by Gasteiger charge is 2.57. The van der Waals surface area contributed by atoms with E-state index in [2.05, 4.69) is 0 Å². The lowest BCUT2D eigenvalue weighted by Crippen LogP contribution is -2.64. The van der Waals surface area contributed by atoms with Crippen molar-refractivity contribution >= 4 is 8.80 Å². The third-order valence-electron chi connectivity index (χ3n) is 2.23. The van der Waals surface area contributed by atoms with Gasteiger partial charge in [-0.05, 0) is 34.6 Å². The Labute approximate surface area is 94.2 Å². The first-order chi connectivity index (χ1) is 6.64. The molecule has 0 aromatic heterocycles. The molecule has 0 aliphatic rings. The van der Waals surface area contributed by atoms with Gasteiger partial charge in [0, 0.05) is 21.3 Å². The second-order valence-electron chi connectivity index (χ2n) is 4.89. The van der Waals surface area contributed by atoms with Crippen molar-refractivity contribution in [3.05, 3.63) is 0 Å². The highest BCUT2D eigenvalue weighted by atomic mass is 28.4.